The largest absolute Gasteiger partial charge is 0.401 e. The standard InChI is InChI=1S/C24H29F3N4O2/c1-18(19-8-3-2-4-9-19)28-23(33)20-10-5-6-11-21(20)29-22(32)16-30-12-7-13-31(15-14-30)17-24(25,26)27/h2-6,8-11,18H,7,12-17H2,1H3,(H,28,33)(H,29,32). The Morgan fingerprint density at radius 3 is 2.30 bits per heavy atom. The molecule has 1 aliphatic heterocycles. The number of amides is 2. The molecule has 2 N–H and O–H groups in total. The van der Waals surface area contributed by atoms with E-state index in [2.05, 4.69) is 10.6 Å². The third-order valence-electron chi connectivity index (χ3n) is 5.54. The molecule has 0 saturated carbocycles. The number of benzene rings is 2. The third-order valence-corrected chi connectivity index (χ3v) is 5.54. The highest BCUT2D eigenvalue weighted by atomic mass is 19.4. The molecule has 3 rings (SSSR count). The normalized spacial score (nSPS) is 16.6. The average Bonchev–Trinajstić information content (AvgIpc) is 2.98. The van der Waals surface area contributed by atoms with Crippen LogP contribution in [-0.4, -0.2) is 67.1 Å². The van der Waals surface area contributed by atoms with Gasteiger partial charge in [0.05, 0.1) is 30.4 Å². The first kappa shape index (κ1) is 24.7. The summed E-state index contributed by atoms with van der Waals surface area (Å²) in [6.45, 7) is 2.52. The molecule has 1 fully saturated rings. The van der Waals surface area contributed by atoms with Crippen LogP contribution in [0.15, 0.2) is 54.6 Å². The van der Waals surface area contributed by atoms with E-state index in [-0.39, 0.29) is 30.9 Å². The van der Waals surface area contributed by atoms with Crippen molar-refractivity contribution >= 4 is 17.5 Å². The van der Waals surface area contributed by atoms with Gasteiger partial charge in [0, 0.05) is 13.1 Å². The first-order valence-electron chi connectivity index (χ1n) is 11.0. The van der Waals surface area contributed by atoms with Gasteiger partial charge in [-0.25, -0.2) is 0 Å². The summed E-state index contributed by atoms with van der Waals surface area (Å²) in [5, 5.41) is 5.73. The van der Waals surface area contributed by atoms with Crippen molar-refractivity contribution in [2.75, 3.05) is 44.6 Å². The van der Waals surface area contributed by atoms with Crippen LogP contribution in [-0.2, 0) is 4.79 Å². The number of halogens is 3. The zero-order valence-corrected chi connectivity index (χ0v) is 18.6. The quantitative estimate of drug-likeness (QED) is 0.659. The first-order chi connectivity index (χ1) is 15.7. The van der Waals surface area contributed by atoms with Crippen LogP contribution in [0, 0.1) is 0 Å². The minimum atomic E-state index is -4.23. The second-order valence-electron chi connectivity index (χ2n) is 8.22. The lowest BCUT2D eigenvalue weighted by Crippen LogP contribution is -2.39. The van der Waals surface area contributed by atoms with Crippen molar-refractivity contribution in [2.24, 2.45) is 0 Å². The van der Waals surface area contributed by atoms with Gasteiger partial charge in [-0.1, -0.05) is 42.5 Å². The number of carbonyl (C=O) groups excluding carboxylic acids is 2. The molecule has 0 aliphatic carbocycles. The fourth-order valence-corrected chi connectivity index (χ4v) is 3.88. The molecule has 2 aromatic carbocycles. The highest BCUT2D eigenvalue weighted by molar-refractivity contribution is 6.04. The summed E-state index contributed by atoms with van der Waals surface area (Å²) in [5.41, 5.74) is 1.71. The SMILES string of the molecule is CC(NC(=O)c1ccccc1NC(=O)CN1CCCN(CC(F)(F)F)CC1)c1ccccc1. The van der Waals surface area contributed by atoms with Crippen LogP contribution in [0.4, 0.5) is 18.9 Å². The summed E-state index contributed by atoms with van der Waals surface area (Å²) in [6.07, 6.45) is -3.67. The highest BCUT2D eigenvalue weighted by Gasteiger charge is 2.31. The molecule has 2 amide bonds. The van der Waals surface area contributed by atoms with Gasteiger partial charge in [0.15, 0.2) is 0 Å². The van der Waals surface area contributed by atoms with Crippen LogP contribution >= 0.6 is 0 Å². The van der Waals surface area contributed by atoms with Gasteiger partial charge < -0.3 is 10.6 Å². The Labute approximate surface area is 191 Å². The number of carbonyl (C=O) groups is 2. The van der Waals surface area contributed by atoms with Crippen LogP contribution in [0.1, 0.15) is 35.3 Å². The molecule has 1 heterocycles. The van der Waals surface area contributed by atoms with Crippen molar-refractivity contribution in [3.05, 3.63) is 65.7 Å². The van der Waals surface area contributed by atoms with Crippen molar-refractivity contribution in [3.8, 4) is 0 Å². The third kappa shape index (κ3) is 7.87. The predicted octanol–water partition coefficient (Wildman–Crippen LogP) is 3.69. The molecule has 1 saturated heterocycles. The van der Waals surface area contributed by atoms with E-state index in [0.29, 0.717) is 37.3 Å². The Balaban J connectivity index is 1.57. The van der Waals surface area contributed by atoms with E-state index >= 15 is 0 Å². The zero-order chi connectivity index (χ0) is 23.8. The Kier molecular flexibility index (Phi) is 8.46. The summed E-state index contributed by atoms with van der Waals surface area (Å²) in [5.74, 6) is -0.615. The summed E-state index contributed by atoms with van der Waals surface area (Å²) in [6, 6.07) is 16.1. The second-order valence-corrected chi connectivity index (χ2v) is 8.22. The lowest BCUT2D eigenvalue weighted by atomic mass is 10.1. The average molecular weight is 463 g/mol. The molecule has 0 spiro atoms. The molecular weight excluding hydrogens is 433 g/mol. The second kappa shape index (κ2) is 11.3. The van der Waals surface area contributed by atoms with Crippen LogP contribution in [0.2, 0.25) is 0 Å². The van der Waals surface area contributed by atoms with Crippen molar-refractivity contribution in [2.45, 2.75) is 25.6 Å². The first-order valence-corrected chi connectivity index (χ1v) is 11.0. The molecule has 0 bridgehead atoms. The molecule has 9 heteroatoms. The smallest absolute Gasteiger partial charge is 0.345 e. The van der Waals surface area contributed by atoms with Gasteiger partial charge in [-0.05, 0) is 44.1 Å². The minimum absolute atomic E-state index is 0.0518. The molecule has 0 aromatic heterocycles. The van der Waals surface area contributed by atoms with E-state index in [4.69, 9.17) is 0 Å². The van der Waals surface area contributed by atoms with Gasteiger partial charge in [-0.2, -0.15) is 13.2 Å². The Bertz CT molecular complexity index is 937. The number of para-hydroxylation sites is 1. The van der Waals surface area contributed by atoms with Gasteiger partial charge in [-0.15, -0.1) is 0 Å². The van der Waals surface area contributed by atoms with Gasteiger partial charge in [0.1, 0.15) is 0 Å². The van der Waals surface area contributed by atoms with Crippen molar-refractivity contribution in [1.29, 1.82) is 0 Å². The van der Waals surface area contributed by atoms with Crippen LogP contribution in [0.3, 0.4) is 0 Å². The van der Waals surface area contributed by atoms with E-state index < -0.39 is 12.7 Å². The van der Waals surface area contributed by atoms with Gasteiger partial charge in [0.25, 0.3) is 5.91 Å². The van der Waals surface area contributed by atoms with E-state index in [1.165, 1.54) is 4.90 Å². The molecule has 2 aromatic rings. The summed E-state index contributed by atoms with van der Waals surface area (Å²) in [4.78, 5) is 28.7. The number of rotatable bonds is 7. The van der Waals surface area contributed by atoms with Gasteiger partial charge in [-0.3, -0.25) is 19.4 Å². The monoisotopic (exact) mass is 462 g/mol. The molecule has 1 aliphatic rings. The van der Waals surface area contributed by atoms with E-state index in [9.17, 15) is 22.8 Å². The van der Waals surface area contributed by atoms with Crippen molar-refractivity contribution < 1.29 is 22.8 Å². The molecule has 0 radical (unpaired) electrons. The predicted molar refractivity (Wildman–Crippen MR) is 121 cm³/mol. The fraction of sp³-hybridized carbons (Fsp3) is 0.417. The summed E-state index contributed by atoms with van der Waals surface area (Å²) < 4.78 is 37.9. The molecule has 178 valence electrons. The number of anilines is 1. The maximum atomic E-state index is 12.8. The number of nitrogens with one attached hydrogen (secondary N) is 2. The van der Waals surface area contributed by atoms with E-state index in [0.717, 1.165) is 5.56 Å². The number of hydrogen-bond donors (Lipinski definition) is 2. The molecule has 1 unspecified atom stereocenters. The summed E-state index contributed by atoms with van der Waals surface area (Å²) in [7, 11) is 0. The zero-order valence-electron chi connectivity index (χ0n) is 18.6. The van der Waals surface area contributed by atoms with E-state index in [1.54, 1.807) is 24.3 Å². The lowest BCUT2D eigenvalue weighted by molar-refractivity contribution is -0.145. The Hall–Kier alpha value is -2.91. The number of nitrogens with zero attached hydrogens (tertiary/aromatic N) is 2. The van der Waals surface area contributed by atoms with Gasteiger partial charge >= 0.3 is 6.18 Å². The molecular formula is C24H29F3N4O2. The molecule has 6 nitrogen and oxygen atoms in total. The number of hydrogen-bond acceptors (Lipinski definition) is 4. The van der Waals surface area contributed by atoms with Crippen molar-refractivity contribution in [1.82, 2.24) is 15.1 Å². The Morgan fingerprint density at radius 1 is 0.939 bits per heavy atom. The lowest BCUT2D eigenvalue weighted by Gasteiger charge is -2.22. The summed E-state index contributed by atoms with van der Waals surface area (Å²) >= 11 is 0. The molecule has 33 heavy (non-hydrogen) atoms. The highest BCUT2D eigenvalue weighted by Crippen LogP contribution is 2.19. The fourth-order valence-electron chi connectivity index (χ4n) is 3.88. The van der Waals surface area contributed by atoms with Crippen LogP contribution in [0.25, 0.3) is 0 Å². The topological polar surface area (TPSA) is 64.7 Å². The molecule has 1 atom stereocenters. The van der Waals surface area contributed by atoms with Gasteiger partial charge in [0.2, 0.25) is 5.91 Å². The van der Waals surface area contributed by atoms with E-state index in [1.807, 2.05) is 42.2 Å². The maximum Gasteiger partial charge on any atom is 0.401 e. The van der Waals surface area contributed by atoms with Crippen molar-refractivity contribution in [3.63, 3.8) is 0 Å². The Morgan fingerprint density at radius 2 is 1.58 bits per heavy atom. The maximum absolute atomic E-state index is 12.8. The minimum Gasteiger partial charge on any atom is -0.345 e. The van der Waals surface area contributed by atoms with Crippen LogP contribution in [0.5, 0.6) is 0 Å². The number of alkyl halides is 3. The van der Waals surface area contributed by atoms with Crippen LogP contribution < -0.4 is 10.6 Å².